The highest BCUT2D eigenvalue weighted by atomic mass is 35.5. The van der Waals surface area contributed by atoms with Gasteiger partial charge in [0.25, 0.3) is 0 Å². The van der Waals surface area contributed by atoms with Gasteiger partial charge in [-0.15, -0.1) is 0 Å². The predicted molar refractivity (Wildman–Crippen MR) is 67.7 cm³/mol. The summed E-state index contributed by atoms with van der Waals surface area (Å²) in [6.07, 6.45) is 0.481. The van der Waals surface area contributed by atoms with Crippen LogP contribution in [0, 0.1) is 0 Å². The van der Waals surface area contributed by atoms with Crippen molar-refractivity contribution in [3.63, 3.8) is 0 Å². The Kier molecular flexibility index (Phi) is 5.33. The molecule has 4 nitrogen and oxygen atoms in total. The zero-order chi connectivity index (χ0) is 13.0. The summed E-state index contributed by atoms with van der Waals surface area (Å²) in [6.45, 7) is 1.81. The highest BCUT2D eigenvalue weighted by Crippen LogP contribution is 2.41. The van der Waals surface area contributed by atoms with Gasteiger partial charge in [-0.05, 0) is 18.9 Å². The van der Waals surface area contributed by atoms with Crippen molar-refractivity contribution in [2.45, 2.75) is 19.4 Å². The van der Waals surface area contributed by atoms with Crippen LogP contribution in [0.5, 0.6) is 11.5 Å². The number of halogens is 2. The Morgan fingerprint density at radius 3 is 2.47 bits per heavy atom. The van der Waals surface area contributed by atoms with E-state index in [4.69, 9.17) is 37.9 Å². The number of hydroxylamine groups is 1. The van der Waals surface area contributed by atoms with Crippen molar-refractivity contribution < 1.29 is 14.7 Å². The van der Waals surface area contributed by atoms with Crippen molar-refractivity contribution >= 4 is 23.2 Å². The van der Waals surface area contributed by atoms with Crippen LogP contribution in [0.4, 0.5) is 0 Å². The first kappa shape index (κ1) is 14.4. The van der Waals surface area contributed by atoms with E-state index in [1.54, 1.807) is 6.07 Å². The number of ether oxygens (including phenoxy) is 2. The quantitative estimate of drug-likeness (QED) is 0.814. The molecular formula is C11H15Cl2NO3. The van der Waals surface area contributed by atoms with Crippen LogP contribution in [-0.2, 0) is 6.42 Å². The second kappa shape index (κ2) is 6.31. The van der Waals surface area contributed by atoms with E-state index in [1.165, 1.54) is 14.2 Å². The number of hydrogen-bond donors (Lipinski definition) is 2. The third kappa shape index (κ3) is 3.16. The number of methoxy groups -OCH3 is 2. The first-order valence-corrected chi connectivity index (χ1v) is 5.79. The van der Waals surface area contributed by atoms with Crippen molar-refractivity contribution in [2.24, 2.45) is 0 Å². The summed E-state index contributed by atoms with van der Waals surface area (Å²) in [4.78, 5) is 0. The second-order valence-corrected chi connectivity index (χ2v) is 4.41. The van der Waals surface area contributed by atoms with E-state index < -0.39 is 0 Å². The number of nitrogens with one attached hydrogen (secondary N) is 1. The normalized spacial score (nSPS) is 12.4. The lowest BCUT2D eigenvalue weighted by Crippen LogP contribution is -2.24. The van der Waals surface area contributed by atoms with E-state index in [9.17, 15) is 0 Å². The van der Waals surface area contributed by atoms with Crippen LogP contribution in [0.2, 0.25) is 10.0 Å². The summed E-state index contributed by atoms with van der Waals surface area (Å²) >= 11 is 12.3. The average Bonchev–Trinajstić information content (AvgIpc) is 2.33. The lowest BCUT2D eigenvalue weighted by atomic mass is 10.1. The first-order valence-electron chi connectivity index (χ1n) is 5.03. The van der Waals surface area contributed by atoms with Gasteiger partial charge < -0.3 is 14.7 Å². The Morgan fingerprint density at radius 1 is 1.35 bits per heavy atom. The van der Waals surface area contributed by atoms with Crippen molar-refractivity contribution in [3.8, 4) is 11.5 Å². The Morgan fingerprint density at radius 2 is 2.00 bits per heavy atom. The van der Waals surface area contributed by atoms with Gasteiger partial charge in [-0.2, -0.15) is 0 Å². The van der Waals surface area contributed by atoms with Gasteiger partial charge in [0.1, 0.15) is 0 Å². The van der Waals surface area contributed by atoms with Gasteiger partial charge >= 0.3 is 0 Å². The first-order chi connectivity index (χ1) is 8.04. The van der Waals surface area contributed by atoms with Crippen LogP contribution >= 0.6 is 23.2 Å². The van der Waals surface area contributed by atoms with Crippen LogP contribution in [-0.4, -0.2) is 25.5 Å². The van der Waals surface area contributed by atoms with Gasteiger partial charge in [0.2, 0.25) is 0 Å². The van der Waals surface area contributed by atoms with Crippen molar-refractivity contribution in [2.75, 3.05) is 14.2 Å². The molecule has 6 heteroatoms. The molecular weight excluding hydrogens is 265 g/mol. The topological polar surface area (TPSA) is 50.7 Å². The van der Waals surface area contributed by atoms with E-state index in [-0.39, 0.29) is 6.04 Å². The average molecular weight is 280 g/mol. The fourth-order valence-electron chi connectivity index (χ4n) is 1.50. The minimum absolute atomic E-state index is 0.164. The van der Waals surface area contributed by atoms with E-state index in [2.05, 4.69) is 5.48 Å². The maximum absolute atomic E-state index is 8.81. The minimum Gasteiger partial charge on any atom is -0.493 e. The number of rotatable bonds is 5. The molecule has 0 amide bonds. The second-order valence-electron chi connectivity index (χ2n) is 3.62. The SMILES string of the molecule is COc1cc(Cl)c(CC(C)NO)c(Cl)c1OC. The van der Waals surface area contributed by atoms with E-state index >= 15 is 0 Å². The molecule has 1 rings (SSSR count). The smallest absolute Gasteiger partial charge is 0.179 e. The highest BCUT2D eigenvalue weighted by molar-refractivity contribution is 6.37. The third-order valence-electron chi connectivity index (χ3n) is 2.39. The third-order valence-corrected chi connectivity index (χ3v) is 3.13. The lowest BCUT2D eigenvalue weighted by molar-refractivity contribution is 0.133. The molecule has 17 heavy (non-hydrogen) atoms. The maximum Gasteiger partial charge on any atom is 0.179 e. The van der Waals surface area contributed by atoms with Crippen LogP contribution in [0.3, 0.4) is 0 Å². The number of benzene rings is 1. The van der Waals surface area contributed by atoms with Crippen LogP contribution < -0.4 is 15.0 Å². The summed E-state index contributed by atoms with van der Waals surface area (Å²) in [5.74, 6) is 0.926. The summed E-state index contributed by atoms with van der Waals surface area (Å²) in [5.41, 5.74) is 2.85. The molecule has 0 aliphatic rings. The maximum atomic E-state index is 8.81. The van der Waals surface area contributed by atoms with Crippen molar-refractivity contribution in [3.05, 3.63) is 21.7 Å². The molecule has 0 aliphatic heterocycles. The molecule has 1 aromatic carbocycles. The van der Waals surface area contributed by atoms with Gasteiger partial charge in [0.05, 0.1) is 19.2 Å². The fourth-order valence-corrected chi connectivity index (χ4v) is 2.17. The van der Waals surface area contributed by atoms with E-state index in [0.717, 1.165) is 0 Å². The molecule has 1 unspecified atom stereocenters. The van der Waals surface area contributed by atoms with Crippen molar-refractivity contribution in [1.82, 2.24) is 5.48 Å². The lowest BCUT2D eigenvalue weighted by Gasteiger charge is -2.16. The summed E-state index contributed by atoms with van der Waals surface area (Å²) < 4.78 is 10.3. The monoisotopic (exact) mass is 279 g/mol. The molecule has 0 spiro atoms. The van der Waals surface area contributed by atoms with Gasteiger partial charge in [0.15, 0.2) is 11.5 Å². The molecule has 96 valence electrons. The Labute approximate surface area is 110 Å². The predicted octanol–water partition coefficient (Wildman–Crippen LogP) is 2.92. The molecule has 2 N–H and O–H groups in total. The molecule has 0 saturated carbocycles. The molecule has 0 aliphatic carbocycles. The van der Waals surface area contributed by atoms with Gasteiger partial charge in [-0.25, -0.2) is 5.48 Å². The fraction of sp³-hybridized carbons (Fsp3) is 0.455. The minimum atomic E-state index is -0.164. The standard InChI is InChI=1S/C11H15Cl2NO3/c1-6(14-15)4-7-8(12)5-9(16-2)11(17-3)10(7)13/h5-6,14-15H,4H2,1-3H3. The summed E-state index contributed by atoms with van der Waals surface area (Å²) in [6, 6.07) is 1.48. The molecule has 0 heterocycles. The van der Waals surface area contributed by atoms with Crippen LogP contribution in [0.15, 0.2) is 6.07 Å². The largest absolute Gasteiger partial charge is 0.493 e. The molecule has 0 fully saturated rings. The summed E-state index contributed by atoms with van der Waals surface area (Å²) in [5, 5.41) is 9.70. The Balaban J connectivity index is 3.22. The highest BCUT2D eigenvalue weighted by Gasteiger charge is 2.18. The van der Waals surface area contributed by atoms with E-state index in [0.29, 0.717) is 33.5 Å². The van der Waals surface area contributed by atoms with Crippen LogP contribution in [0.1, 0.15) is 12.5 Å². The van der Waals surface area contributed by atoms with Gasteiger partial charge in [-0.1, -0.05) is 23.2 Å². The van der Waals surface area contributed by atoms with E-state index in [1.807, 2.05) is 6.92 Å². The molecule has 0 bridgehead atoms. The molecule has 1 atom stereocenters. The van der Waals surface area contributed by atoms with Gasteiger partial charge in [-0.3, -0.25) is 0 Å². The molecule has 0 aromatic heterocycles. The zero-order valence-corrected chi connectivity index (χ0v) is 11.4. The Bertz CT molecular complexity index is 399. The van der Waals surface area contributed by atoms with Crippen molar-refractivity contribution in [1.29, 1.82) is 0 Å². The van der Waals surface area contributed by atoms with Gasteiger partial charge in [0, 0.05) is 17.1 Å². The molecule has 0 radical (unpaired) electrons. The summed E-state index contributed by atoms with van der Waals surface area (Å²) in [7, 11) is 3.03. The zero-order valence-electron chi connectivity index (χ0n) is 9.88. The number of hydrogen-bond acceptors (Lipinski definition) is 4. The molecule has 0 saturated heterocycles. The molecule has 1 aromatic rings. The van der Waals surface area contributed by atoms with Crippen LogP contribution in [0.25, 0.3) is 0 Å². The Hall–Kier alpha value is -0.680.